The summed E-state index contributed by atoms with van der Waals surface area (Å²) in [5, 5.41) is 2.75. The van der Waals surface area contributed by atoms with E-state index in [4.69, 9.17) is 5.73 Å². The molecule has 1 aromatic heterocycles. The molecule has 0 bridgehead atoms. The molecule has 0 aliphatic heterocycles. The van der Waals surface area contributed by atoms with Gasteiger partial charge < -0.3 is 0 Å². The van der Waals surface area contributed by atoms with E-state index in [1.54, 1.807) is 0 Å². The fraction of sp³-hybridized carbons (Fsp3) is 0. The number of nitrogens with one attached hydrogen (secondary N) is 1. The van der Waals surface area contributed by atoms with E-state index in [-0.39, 0.29) is 0 Å². The van der Waals surface area contributed by atoms with E-state index >= 15 is 0 Å². The maximum atomic E-state index is 5.60. The van der Waals surface area contributed by atoms with Gasteiger partial charge >= 0.3 is 5.13 Å². The highest BCUT2D eigenvalue weighted by Crippen LogP contribution is 2.20. The molecule has 0 saturated heterocycles. The molecule has 0 aliphatic carbocycles. The Hall–Kier alpha value is -0.870. The number of aromatic amines is 1. The summed E-state index contributed by atoms with van der Waals surface area (Å²) in [6, 6.07) is 8.11. The normalized spacial score (nSPS) is 10.2. The average molecular weight is 256 g/mol. The second kappa shape index (κ2) is 3.47. The highest BCUT2D eigenvalue weighted by molar-refractivity contribution is 9.10. The zero-order valence-electron chi connectivity index (χ0n) is 6.75. The summed E-state index contributed by atoms with van der Waals surface area (Å²) >= 11 is 4.90. The maximum absolute atomic E-state index is 5.60. The Morgan fingerprint density at radius 3 is 2.46 bits per heavy atom. The first kappa shape index (κ1) is 8.72. The van der Waals surface area contributed by atoms with Crippen molar-refractivity contribution < 1.29 is 4.98 Å². The molecule has 2 nitrogen and oxygen atoms in total. The molecule has 13 heavy (non-hydrogen) atoms. The van der Waals surface area contributed by atoms with Crippen molar-refractivity contribution in [1.29, 1.82) is 0 Å². The van der Waals surface area contributed by atoms with Crippen LogP contribution in [0.4, 0.5) is 5.13 Å². The van der Waals surface area contributed by atoms with Crippen molar-refractivity contribution in [3.05, 3.63) is 34.1 Å². The second-order valence-electron chi connectivity index (χ2n) is 2.65. The van der Waals surface area contributed by atoms with E-state index in [9.17, 15) is 0 Å². The standard InChI is InChI=1S/C9H7BrN2S/c10-7-3-1-6(2-4-7)8-5-13-9(11)12-8/h1-5H,(H2,11,12)/p+1. The summed E-state index contributed by atoms with van der Waals surface area (Å²) in [6.45, 7) is 0. The molecule has 0 saturated carbocycles. The molecule has 0 atom stereocenters. The number of aromatic nitrogens is 1. The van der Waals surface area contributed by atoms with Crippen molar-refractivity contribution in [2.24, 2.45) is 0 Å². The number of thiazole rings is 1. The van der Waals surface area contributed by atoms with Crippen molar-refractivity contribution in [1.82, 2.24) is 0 Å². The first-order chi connectivity index (χ1) is 6.25. The molecule has 3 N–H and O–H groups in total. The van der Waals surface area contributed by atoms with Crippen LogP contribution in [0.1, 0.15) is 0 Å². The van der Waals surface area contributed by atoms with Crippen LogP contribution < -0.4 is 10.7 Å². The summed E-state index contributed by atoms with van der Waals surface area (Å²) in [5.74, 6) is 0. The Morgan fingerprint density at radius 1 is 1.23 bits per heavy atom. The fourth-order valence-electron chi connectivity index (χ4n) is 1.08. The number of nitrogens with two attached hydrogens (primary N) is 1. The van der Waals surface area contributed by atoms with Gasteiger partial charge in [-0.05, 0) is 24.3 Å². The molecule has 0 fully saturated rings. The monoisotopic (exact) mass is 255 g/mol. The molecule has 0 amide bonds. The molecule has 66 valence electrons. The van der Waals surface area contributed by atoms with Gasteiger partial charge in [0.15, 0.2) is 0 Å². The molecule has 0 aliphatic rings. The zero-order chi connectivity index (χ0) is 9.26. The highest BCUT2D eigenvalue weighted by Gasteiger charge is 2.05. The van der Waals surface area contributed by atoms with Gasteiger partial charge in [0.05, 0.1) is 0 Å². The molecule has 0 spiro atoms. The lowest BCUT2D eigenvalue weighted by molar-refractivity contribution is -0.340. The van der Waals surface area contributed by atoms with Gasteiger partial charge in [0.1, 0.15) is 5.69 Å². The summed E-state index contributed by atoms with van der Waals surface area (Å²) < 4.78 is 1.08. The quantitative estimate of drug-likeness (QED) is 0.836. The predicted molar refractivity (Wildman–Crippen MR) is 58.4 cm³/mol. The Bertz CT molecular complexity index is 408. The van der Waals surface area contributed by atoms with Gasteiger partial charge in [0.25, 0.3) is 0 Å². The molecule has 1 aromatic carbocycles. The van der Waals surface area contributed by atoms with Crippen molar-refractivity contribution in [2.45, 2.75) is 0 Å². The third kappa shape index (κ3) is 1.89. The van der Waals surface area contributed by atoms with E-state index in [2.05, 4.69) is 20.9 Å². The summed E-state index contributed by atoms with van der Waals surface area (Å²) in [6.07, 6.45) is 0. The number of H-pyrrole nitrogens is 1. The smallest absolute Gasteiger partial charge is 0.278 e. The Morgan fingerprint density at radius 2 is 1.92 bits per heavy atom. The first-order valence-electron chi connectivity index (χ1n) is 3.78. The third-order valence-corrected chi connectivity index (χ3v) is 2.96. The van der Waals surface area contributed by atoms with Gasteiger partial charge in [-0.15, -0.1) is 0 Å². The molecule has 1 heterocycles. The van der Waals surface area contributed by atoms with Crippen LogP contribution in [-0.2, 0) is 0 Å². The van der Waals surface area contributed by atoms with E-state index in [0.717, 1.165) is 20.9 Å². The molecular weight excluding hydrogens is 248 g/mol. The number of hydrogen-bond donors (Lipinski definition) is 1. The van der Waals surface area contributed by atoms with Gasteiger partial charge in [-0.2, -0.15) is 0 Å². The van der Waals surface area contributed by atoms with Crippen molar-refractivity contribution in [3.63, 3.8) is 0 Å². The summed E-state index contributed by atoms with van der Waals surface area (Å²) in [4.78, 5) is 3.09. The molecule has 0 unspecified atom stereocenters. The van der Waals surface area contributed by atoms with Crippen LogP contribution in [0.25, 0.3) is 11.3 Å². The van der Waals surface area contributed by atoms with Crippen LogP contribution in [0.5, 0.6) is 0 Å². The molecule has 4 heteroatoms. The van der Waals surface area contributed by atoms with Gasteiger partial charge in [-0.3, -0.25) is 5.73 Å². The largest absolute Gasteiger partial charge is 0.329 e. The minimum Gasteiger partial charge on any atom is -0.278 e. The SMILES string of the molecule is Nc1[nH+]c(-c2ccc(Br)cc2)cs1. The minimum atomic E-state index is 0.734. The zero-order valence-corrected chi connectivity index (χ0v) is 9.15. The number of rotatable bonds is 1. The van der Waals surface area contributed by atoms with Gasteiger partial charge in [-0.25, -0.2) is 4.98 Å². The number of halogens is 1. The fourth-order valence-corrected chi connectivity index (χ4v) is 1.96. The first-order valence-corrected chi connectivity index (χ1v) is 5.45. The lowest BCUT2D eigenvalue weighted by atomic mass is 10.2. The Labute approximate surface area is 88.6 Å². The molecular formula is C9H8BrN2S+. The van der Waals surface area contributed by atoms with Crippen LogP contribution in [0, 0.1) is 0 Å². The number of hydrogen-bond acceptors (Lipinski definition) is 2. The Kier molecular flexibility index (Phi) is 2.33. The topological polar surface area (TPSA) is 40.2 Å². The molecule has 0 radical (unpaired) electrons. The highest BCUT2D eigenvalue weighted by atomic mass is 79.9. The predicted octanol–water partition coefficient (Wildman–Crippen LogP) is 2.57. The lowest BCUT2D eigenvalue weighted by Crippen LogP contribution is -2.06. The van der Waals surface area contributed by atoms with Gasteiger partial charge in [0, 0.05) is 15.4 Å². The van der Waals surface area contributed by atoms with Crippen molar-refractivity contribution >= 4 is 32.4 Å². The van der Waals surface area contributed by atoms with Crippen LogP contribution in [-0.4, -0.2) is 0 Å². The molecule has 2 aromatic rings. The van der Waals surface area contributed by atoms with Gasteiger partial charge in [-0.1, -0.05) is 27.3 Å². The Balaban J connectivity index is 2.41. The van der Waals surface area contributed by atoms with E-state index < -0.39 is 0 Å². The van der Waals surface area contributed by atoms with Crippen LogP contribution in [0.2, 0.25) is 0 Å². The third-order valence-electron chi connectivity index (χ3n) is 1.72. The number of nitrogen functional groups attached to an aromatic ring is 1. The van der Waals surface area contributed by atoms with Crippen molar-refractivity contribution in [3.8, 4) is 11.3 Å². The lowest BCUT2D eigenvalue weighted by Gasteiger charge is -1.93. The van der Waals surface area contributed by atoms with E-state index in [0.29, 0.717) is 0 Å². The molecule has 2 rings (SSSR count). The minimum absolute atomic E-state index is 0.734. The van der Waals surface area contributed by atoms with E-state index in [1.807, 2.05) is 29.6 Å². The van der Waals surface area contributed by atoms with Crippen molar-refractivity contribution in [2.75, 3.05) is 5.73 Å². The second-order valence-corrected chi connectivity index (χ2v) is 4.47. The average Bonchev–Trinajstić information content (AvgIpc) is 2.53. The number of benzene rings is 1. The maximum Gasteiger partial charge on any atom is 0.329 e. The van der Waals surface area contributed by atoms with Crippen LogP contribution in [0.15, 0.2) is 34.1 Å². The summed E-state index contributed by atoms with van der Waals surface area (Å²) in [5.41, 5.74) is 7.81. The van der Waals surface area contributed by atoms with E-state index in [1.165, 1.54) is 11.3 Å². The van der Waals surface area contributed by atoms with Crippen LogP contribution >= 0.6 is 27.3 Å². The van der Waals surface area contributed by atoms with Crippen LogP contribution in [0.3, 0.4) is 0 Å². The number of anilines is 1. The summed E-state index contributed by atoms with van der Waals surface area (Å²) in [7, 11) is 0. The van der Waals surface area contributed by atoms with Gasteiger partial charge in [0.2, 0.25) is 0 Å².